The van der Waals surface area contributed by atoms with Crippen LogP contribution in [-0.4, -0.2) is 57.5 Å². The van der Waals surface area contributed by atoms with E-state index in [9.17, 15) is 10.1 Å². The van der Waals surface area contributed by atoms with E-state index < -0.39 is 5.92 Å². The van der Waals surface area contributed by atoms with Gasteiger partial charge in [-0.15, -0.1) is 0 Å². The summed E-state index contributed by atoms with van der Waals surface area (Å²) in [6, 6.07) is 7.72. The molecule has 8 heteroatoms. The van der Waals surface area contributed by atoms with Gasteiger partial charge in [0, 0.05) is 31.5 Å². The van der Waals surface area contributed by atoms with Crippen LogP contribution in [0.15, 0.2) is 46.0 Å². The largest absolute Gasteiger partial charge is 0.493 e. The Morgan fingerprint density at radius 3 is 2.58 bits per heavy atom. The van der Waals surface area contributed by atoms with Gasteiger partial charge in [-0.25, -0.2) is 4.99 Å². The lowest BCUT2D eigenvalue weighted by Crippen LogP contribution is -2.35. The Balaban J connectivity index is 1.82. The van der Waals surface area contributed by atoms with Crippen molar-refractivity contribution >= 4 is 12.1 Å². The highest BCUT2D eigenvalue weighted by molar-refractivity contribution is 6.00. The minimum Gasteiger partial charge on any atom is -0.493 e. The molecule has 0 saturated carbocycles. The molecular weight excluding hydrogens is 422 g/mol. The van der Waals surface area contributed by atoms with Crippen molar-refractivity contribution in [2.24, 2.45) is 10.4 Å². The van der Waals surface area contributed by atoms with E-state index in [1.54, 1.807) is 26.6 Å². The van der Waals surface area contributed by atoms with Crippen molar-refractivity contribution < 1.29 is 23.7 Å². The van der Waals surface area contributed by atoms with E-state index >= 15 is 0 Å². The highest BCUT2D eigenvalue weighted by Gasteiger charge is 2.43. The van der Waals surface area contributed by atoms with Gasteiger partial charge in [0.15, 0.2) is 17.3 Å². The summed E-state index contributed by atoms with van der Waals surface area (Å²) in [5, 5.41) is 10.2. The highest BCUT2D eigenvalue weighted by atomic mass is 16.5. The standard InChI is InChI=1S/C25H29N3O5/c1-25(2)12-18(29)23-21(13-25)33-24(27-15-28-7-9-32-10-8-28)17(14-26)22(23)16-5-6-19(30-3)20(11-16)31-4/h5-6,11,15,22H,7-10,12-13H2,1-4H3/b27-15+. The van der Waals surface area contributed by atoms with Gasteiger partial charge in [0.2, 0.25) is 5.88 Å². The summed E-state index contributed by atoms with van der Waals surface area (Å²) < 4.78 is 22.4. The fourth-order valence-electron chi connectivity index (χ4n) is 4.53. The van der Waals surface area contributed by atoms with Gasteiger partial charge in [-0.3, -0.25) is 4.79 Å². The molecule has 1 atom stereocenters. The molecule has 0 amide bonds. The first-order valence-corrected chi connectivity index (χ1v) is 11.0. The van der Waals surface area contributed by atoms with Crippen LogP contribution in [0.2, 0.25) is 0 Å². The van der Waals surface area contributed by atoms with Crippen molar-refractivity contribution in [2.75, 3.05) is 40.5 Å². The fourth-order valence-corrected chi connectivity index (χ4v) is 4.53. The summed E-state index contributed by atoms with van der Waals surface area (Å²) in [7, 11) is 3.13. The van der Waals surface area contributed by atoms with Gasteiger partial charge in [0.25, 0.3) is 0 Å². The molecule has 1 aromatic rings. The second-order valence-corrected chi connectivity index (χ2v) is 9.15. The molecule has 1 aliphatic carbocycles. The third kappa shape index (κ3) is 4.60. The van der Waals surface area contributed by atoms with Crippen molar-refractivity contribution in [3.8, 4) is 17.6 Å². The average Bonchev–Trinajstić information content (AvgIpc) is 2.81. The number of Topliss-reactive ketones (excluding diaryl/α,β-unsaturated/α-hetero) is 1. The molecule has 4 rings (SSSR count). The molecule has 0 radical (unpaired) electrons. The lowest BCUT2D eigenvalue weighted by molar-refractivity contribution is -0.119. The van der Waals surface area contributed by atoms with E-state index in [4.69, 9.17) is 18.9 Å². The van der Waals surface area contributed by atoms with Crippen LogP contribution in [0.1, 0.15) is 38.2 Å². The van der Waals surface area contributed by atoms with Gasteiger partial charge >= 0.3 is 0 Å². The number of rotatable bonds is 5. The van der Waals surface area contributed by atoms with Gasteiger partial charge in [-0.05, 0) is 23.1 Å². The zero-order valence-electron chi connectivity index (χ0n) is 19.5. The predicted molar refractivity (Wildman–Crippen MR) is 122 cm³/mol. The summed E-state index contributed by atoms with van der Waals surface area (Å²) >= 11 is 0. The number of nitriles is 1. The molecule has 3 aliphatic rings. The third-order valence-corrected chi connectivity index (χ3v) is 6.15. The number of nitrogens with zero attached hydrogens (tertiary/aromatic N) is 3. The quantitative estimate of drug-likeness (QED) is 0.499. The molecule has 1 unspecified atom stereocenters. The summed E-state index contributed by atoms with van der Waals surface area (Å²) in [6.07, 6.45) is 2.68. The first-order chi connectivity index (χ1) is 15.9. The van der Waals surface area contributed by atoms with E-state index in [0.717, 1.165) is 18.7 Å². The molecule has 1 fully saturated rings. The molecule has 8 nitrogen and oxygen atoms in total. The lowest BCUT2D eigenvalue weighted by Gasteiger charge is -2.37. The van der Waals surface area contributed by atoms with Gasteiger partial charge in [0.1, 0.15) is 17.4 Å². The maximum absolute atomic E-state index is 13.3. The molecule has 0 bridgehead atoms. The number of allylic oxidation sites excluding steroid dienone is 3. The molecule has 174 valence electrons. The number of methoxy groups -OCH3 is 2. The number of aliphatic imine (C=N–C) groups is 1. The van der Waals surface area contributed by atoms with Gasteiger partial charge in [0.05, 0.1) is 39.7 Å². The molecule has 1 saturated heterocycles. The number of ketones is 1. The topological polar surface area (TPSA) is 93.4 Å². The minimum absolute atomic E-state index is 0.00927. The monoisotopic (exact) mass is 451 g/mol. The van der Waals surface area contributed by atoms with Crippen LogP contribution in [0, 0.1) is 16.7 Å². The number of ether oxygens (including phenoxy) is 4. The summed E-state index contributed by atoms with van der Waals surface area (Å²) in [5.41, 5.74) is 1.36. The summed E-state index contributed by atoms with van der Waals surface area (Å²) in [5.74, 6) is 1.33. The number of hydrogen-bond acceptors (Lipinski definition) is 7. The van der Waals surface area contributed by atoms with Gasteiger partial charge in [-0.2, -0.15) is 5.26 Å². The van der Waals surface area contributed by atoms with Gasteiger partial charge in [-0.1, -0.05) is 19.9 Å². The maximum atomic E-state index is 13.3. The molecule has 2 heterocycles. The molecule has 0 N–H and O–H groups in total. The molecule has 33 heavy (non-hydrogen) atoms. The van der Waals surface area contributed by atoms with Crippen LogP contribution >= 0.6 is 0 Å². The highest BCUT2D eigenvalue weighted by Crippen LogP contribution is 2.49. The third-order valence-electron chi connectivity index (χ3n) is 6.15. The molecule has 0 aromatic heterocycles. The lowest BCUT2D eigenvalue weighted by atomic mass is 9.70. The van der Waals surface area contributed by atoms with E-state index in [1.807, 2.05) is 30.9 Å². The first kappa shape index (κ1) is 22.9. The zero-order valence-corrected chi connectivity index (χ0v) is 19.5. The number of hydrogen-bond donors (Lipinski definition) is 0. The van der Waals surface area contributed by atoms with E-state index in [2.05, 4.69) is 11.1 Å². The molecule has 0 spiro atoms. The Kier molecular flexibility index (Phi) is 6.43. The van der Waals surface area contributed by atoms with Crippen molar-refractivity contribution in [3.05, 3.63) is 46.6 Å². The normalized spacial score (nSPS) is 22.7. The second kappa shape index (κ2) is 9.28. The molecule has 2 aliphatic heterocycles. The van der Waals surface area contributed by atoms with Gasteiger partial charge < -0.3 is 23.8 Å². The van der Waals surface area contributed by atoms with Crippen LogP contribution in [-0.2, 0) is 14.3 Å². The maximum Gasteiger partial charge on any atom is 0.235 e. The van der Waals surface area contributed by atoms with Crippen molar-refractivity contribution in [2.45, 2.75) is 32.6 Å². The number of carbonyl (C=O) groups is 1. The predicted octanol–water partition coefficient (Wildman–Crippen LogP) is 3.56. The zero-order chi connectivity index (χ0) is 23.6. The SMILES string of the molecule is COc1ccc(C2C(C#N)=C(/N=C/N3CCOCC3)OC3=C2C(=O)CC(C)(C)C3)cc1OC. The summed E-state index contributed by atoms with van der Waals surface area (Å²) in [6.45, 7) is 6.79. The number of carbonyl (C=O) groups excluding carboxylic acids is 1. The number of morpholine rings is 1. The second-order valence-electron chi connectivity index (χ2n) is 9.15. The van der Waals surface area contributed by atoms with Crippen molar-refractivity contribution in [3.63, 3.8) is 0 Å². The number of benzene rings is 1. The summed E-state index contributed by atoms with van der Waals surface area (Å²) in [4.78, 5) is 19.9. The average molecular weight is 452 g/mol. The first-order valence-electron chi connectivity index (χ1n) is 11.0. The van der Waals surface area contributed by atoms with Crippen LogP contribution in [0.25, 0.3) is 0 Å². The molecular formula is C25H29N3O5. The van der Waals surface area contributed by atoms with Crippen LogP contribution in [0.3, 0.4) is 0 Å². The Bertz CT molecular complexity index is 1070. The smallest absolute Gasteiger partial charge is 0.235 e. The Labute approximate surface area is 194 Å². The van der Waals surface area contributed by atoms with E-state index in [1.165, 1.54) is 0 Å². The van der Waals surface area contributed by atoms with Crippen LogP contribution in [0.5, 0.6) is 11.5 Å². The van der Waals surface area contributed by atoms with Crippen molar-refractivity contribution in [1.82, 2.24) is 4.90 Å². The minimum atomic E-state index is -0.584. The van der Waals surface area contributed by atoms with Crippen LogP contribution < -0.4 is 9.47 Å². The van der Waals surface area contributed by atoms with Crippen LogP contribution in [0.4, 0.5) is 0 Å². The fraction of sp³-hybridized carbons (Fsp3) is 0.480. The molecule has 1 aromatic carbocycles. The van der Waals surface area contributed by atoms with E-state index in [0.29, 0.717) is 54.5 Å². The van der Waals surface area contributed by atoms with E-state index in [-0.39, 0.29) is 17.1 Å². The Morgan fingerprint density at radius 2 is 1.91 bits per heavy atom. The Hall–Kier alpha value is -3.31. The Morgan fingerprint density at radius 1 is 1.18 bits per heavy atom. The van der Waals surface area contributed by atoms with Crippen molar-refractivity contribution in [1.29, 1.82) is 5.26 Å².